The summed E-state index contributed by atoms with van der Waals surface area (Å²) in [6.45, 7) is 2.55. The van der Waals surface area contributed by atoms with E-state index in [9.17, 15) is 13.2 Å². The minimum atomic E-state index is -4.40. The third-order valence-corrected chi connectivity index (χ3v) is 4.91. The van der Waals surface area contributed by atoms with Crippen LogP contribution in [0.15, 0.2) is 42.5 Å². The fraction of sp³-hybridized carbons (Fsp3) is 0.400. The van der Waals surface area contributed by atoms with Gasteiger partial charge < -0.3 is 9.64 Å². The van der Waals surface area contributed by atoms with Crippen molar-refractivity contribution in [3.63, 3.8) is 0 Å². The van der Waals surface area contributed by atoms with Crippen molar-refractivity contribution in [2.45, 2.75) is 12.2 Å². The van der Waals surface area contributed by atoms with Gasteiger partial charge in [0.2, 0.25) is 0 Å². The van der Waals surface area contributed by atoms with E-state index in [1.165, 1.54) is 12.1 Å². The molecule has 1 atom stereocenters. The summed E-state index contributed by atoms with van der Waals surface area (Å²) in [6.07, 6.45) is -4.40. The second-order valence-electron chi connectivity index (χ2n) is 6.89. The van der Waals surface area contributed by atoms with Gasteiger partial charge in [-0.2, -0.15) is 13.2 Å². The van der Waals surface area contributed by atoms with Crippen LogP contribution >= 0.6 is 36.4 Å². The third kappa shape index (κ3) is 6.40. The fourth-order valence-corrected chi connectivity index (χ4v) is 3.40. The summed E-state index contributed by atoms with van der Waals surface area (Å²) in [4.78, 5) is 4.22. The van der Waals surface area contributed by atoms with Gasteiger partial charge in [0.05, 0.1) is 11.6 Å². The molecule has 3 nitrogen and oxygen atoms in total. The average molecular weight is 472 g/mol. The van der Waals surface area contributed by atoms with Crippen molar-refractivity contribution < 1.29 is 17.9 Å². The molecule has 162 valence electrons. The Hall–Kier alpha value is -1.18. The van der Waals surface area contributed by atoms with E-state index in [0.717, 1.165) is 18.2 Å². The lowest BCUT2D eigenvalue weighted by molar-refractivity contribution is -0.137. The summed E-state index contributed by atoms with van der Waals surface area (Å²) in [5.74, 6) is 0.496. The van der Waals surface area contributed by atoms with E-state index in [1.54, 1.807) is 12.1 Å². The van der Waals surface area contributed by atoms with Crippen molar-refractivity contribution in [3.8, 4) is 5.75 Å². The van der Waals surface area contributed by atoms with Crippen LogP contribution < -0.4 is 4.74 Å². The summed E-state index contributed by atoms with van der Waals surface area (Å²) >= 11 is 6.01. The number of rotatable bonds is 4. The van der Waals surface area contributed by atoms with Crippen molar-refractivity contribution in [1.82, 2.24) is 9.80 Å². The van der Waals surface area contributed by atoms with Crippen LogP contribution in [0, 0.1) is 0 Å². The molecule has 2 aromatic carbocycles. The monoisotopic (exact) mass is 470 g/mol. The van der Waals surface area contributed by atoms with Crippen LogP contribution in [0.5, 0.6) is 5.75 Å². The Morgan fingerprint density at radius 1 is 1.10 bits per heavy atom. The molecule has 2 aromatic rings. The number of hydrogen-bond donors (Lipinski definition) is 0. The van der Waals surface area contributed by atoms with Gasteiger partial charge in [-0.1, -0.05) is 23.7 Å². The molecule has 0 aliphatic carbocycles. The maximum absolute atomic E-state index is 13.3. The molecule has 0 aromatic heterocycles. The molecule has 9 heteroatoms. The van der Waals surface area contributed by atoms with Gasteiger partial charge in [0.25, 0.3) is 0 Å². The highest BCUT2D eigenvalue weighted by Crippen LogP contribution is 2.40. The van der Waals surface area contributed by atoms with Gasteiger partial charge in [-0.15, -0.1) is 24.8 Å². The second-order valence-corrected chi connectivity index (χ2v) is 7.33. The first kappa shape index (κ1) is 25.9. The first-order chi connectivity index (χ1) is 12.8. The number of hydrogen-bond acceptors (Lipinski definition) is 3. The quantitative estimate of drug-likeness (QED) is 0.582. The molecule has 0 spiro atoms. The van der Waals surface area contributed by atoms with Crippen LogP contribution in [0.2, 0.25) is 5.02 Å². The molecule has 1 aliphatic rings. The summed E-state index contributed by atoms with van der Waals surface area (Å²) in [5, 5.41) is 0.590. The average Bonchev–Trinajstić information content (AvgIpc) is 2.78. The van der Waals surface area contributed by atoms with E-state index in [-0.39, 0.29) is 30.9 Å². The van der Waals surface area contributed by atoms with Gasteiger partial charge in [0.15, 0.2) is 0 Å². The lowest BCUT2D eigenvalue weighted by Crippen LogP contribution is -2.36. The Morgan fingerprint density at radius 2 is 1.76 bits per heavy atom. The van der Waals surface area contributed by atoms with Gasteiger partial charge in [0.1, 0.15) is 12.4 Å². The van der Waals surface area contributed by atoms with Gasteiger partial charge >= 0.3 is 6.18 Å². The molecule has 0 saturated heterocycles. The number of halogens is 6. The first-order valence-corrected chi connectivity index (χ1v) is 9.11. The number of ether oxygens (including phenoxy) is 1. The summed E-state index contributed by atoms with van der Waals surface area (Å²) in [6, 6.07) is 10.6. The summed E-state index contributed by atoms with van der Waals surface area (Å²) in [5.41, 5.74) is 0.755. The molecular formula is C20H24Cl3F3N2O. The van der Waals surface area contributed by atoms with Crippen molar-refractivity contribution in [1.29, 1.82) is 0 Å². The molecule has 29 heavy (non-hydrogen) atoms. The van der Waals surface area contributed by atoms with Crippen molar-refractivity contribution >= 4 is 36.4 Å². The fourth-order valence-electron chi connectivity index (χ4n) is 3.27. The Bertz CT molecular complexity index is 786. The summed E-state index contributed by atoms with van der Waals surface area (Å²) in [7, 11) is 3.95. The van der Waals surface area contributed by atoms with Crippen LogP contribution in [0.25, 0.3) is 0 Å². The van der Waals surface area contributed by atoms with Crippen LogP contribution in [0.3, 0.4) is 0 Å². The Labute approximate surface area is 186 Å². The Balaban J connectivity index is 0.00000210. The zero-order valence-corrected chi connectivity index (χ0v) is 18.5. The number of nitrogens with zero attached hydrogens (tertiary/aromatic N) is 2. The number of benzene rings is 2. The van der Waals surface area contributed by atoms with Gasteiger partial charge in [0, 0.05) is 30.2 Å². The second kappa shape index (κ2) is 10.7. The molecule has 1 heterocycles. The predicted molar refractivity (Wildman–Crippen MR) is 115 cm³/mol. The minimum absolute atomic E-state index is 0. The maximum atomic E-state index is 13.3. The van der Waals surface area contributed by atoms with E-state index in [1.807, 2.05) is 26.2 Å². The molecule has 0 fully saturated rings. The highest BCUT2D eigenvalue weighted by molar-refractivity contribution is 6.30. The maximum Gasteiger partial charge on any atom is 0.416 e. The molecule has 0 bridgehead atoms. The first-order valence-electron chi connectivity index (χ1n) is 8.74. The largest absolute Gasteiger partial charge is 0.492 e. The number of fused-ring (bicyclic) bond motifs is 1. The zero-order chi connectivity index (χ0) is 19.6. The molecule has 0 N–H and O–H groups in total. The zero-order valence-electron chi connectivity index (χ0n) is 16.1. The Morgan fingerprint density at radius 3 is 2.34 bits per heavy atom. The van der Waals surface area contributed by atoms with E-state index < -0.39 is 11.7 Å². The van der Waals surface area contributed by atoms with E-state index in [4.69, 9.17) is 16.3 Å². The van der Waals surface area contributed by atoms with E-state index in [0.29, 0.717) is 36.0 Å². The SMILES string of the molecule is CN(C)CCN1CCOc2ccc(C(F)(F)F)cc2C1c1ccc(Cl)cc1.Cl.Cl. The lowest BCUT2D eigenvalue weighted by atomic mass is 9.94. The topological polar surface area (TPSA) is 15.7 Å². The van der Waals surface area contributed by atoms with Gasteiger partial charge in [-0.05, 0) is 50.0 Å². The van der Waals surface area contributed by atoms with Gasteiger partial charge in [-0.25, -0.2) is 0 Å². The molecule has 0 amide bonds. The van der Waals surface area contributed by atoms with Crippen molar-refractivity contribution in [3.05, 3.63) is 64.2 Å². The molecular weight excluding hydrogens is 448 g/mol. The minimum Gasteiger partial charge on any atom is -0.492 e. The molecule has 0 radical (unpaired) electrons. The van der Waals surface area contributed by atoms with Crippen LogP contribution in [-0.4, -0.2) is 50.1 Å². The molecule has 1 aliphatic heterocycles. The molecule has 3 rings (SSSR count). The normalized spacial score (nSPS) is 16.9. The van der Waals surface area contributed by atoms with Crippen LogP contribution in [0.4, 0.5) is 13.2 Å². The van der Waals surface area contributed by atoms with Crippen molar-refractivity contribution in [2.75, 3.05) is 40.3 Å². The van der Waals surface area contributed by atoms with Crippen LogP contribution in [-0.2, 0) is 6.18 Å². The van der Waals surface area contributed by atoms with E-state index >= 15 is 0 Å². The van der Waals surface area contributed by atoms with Gasteiger partial charge in [-0.3, -0.25) is 4.90 Å². The molecule has 1 unspecified atom stereocenters. The number of alkyl halides is 3. The highest BCUT2D eigenvalue weighted by atomic mass is 35.5. The Kier molecular flexibility index (Phi) is 9.57. The predicted octanol–water partition coefficient (Wildman–Crippen LogP) is 5.55. The van der Waals surface area contributed by atoms with Crippen molar-refractivity contribution in [2.24, 2.45) is 0 Å². The molecule has 0 saturated carbocycles. The van der Waals surface area contributed by atoms with Crippen LogP contribution in [0.1, 0.15) is 22.7 Å². The third-order valence-electron chi connectivity index (χ3n) is 4.65. The lowest BCUT2D eigenvalue weighted by Gasteiger charge is -2.31. The smallest absolute Gasteiger partial charge is 0.416 e. The van der Waals surface area contributed by atoms with E-state index in [2.05, 4.69) is 9.80 Å². The summed E-state index contributed by atoms with van der Waals surface area (Å²) < 4.78 is 45.7. The number of likely N-dealkylation sites (N-methyl/N-ethyl adjacent to an activating group) is 1. The highest BCUT2D eigenvalue weighted by Gasteiger charge is 2.34. The standard InChI is InChI=1S/C20H22ClF3N2O.2ClH/c1-25(2)9-10-26-11-12-27-18-8-5-15(20(22,23)24)13-17(18)19(26)14-3-6-16(21)7-4-14;;/h3-8,13,19H,9-12H2,1-2H3;2*1H.